The van der Waals surface area contributed by atoms with E-state index in [1.165, 1.54) is 5.56 Å². The summed E-state index contributed by atoms with van der Waals surface area (Å²) >= 11 is 0. The van der Waals surface area contributed by atoms with Crippen LogP contribution in [0.1, 0.15) is 31.0 Å². The molecular weight excluding hydrogens is 248 g/mol. The van der Waals surface area contributed by atoms with Crippen molar-refractivity contribution in [3.63, 3.8) is 0 Å². The Morgan fingerprint density at radius 2 is 1.78 bits per heavy atom. The zero-order valence-corrected chi connectivity index (χ0v) is 12.3. The largest absolute Gasteiger partial charge is 0.349 e. The van der Waals surface area contributed by atoms with Gasteiger partial charge in [0, 0.05) is 12.5 Å². The third kappa shape index (κ3) is 5.07. The standard InChI is InChI=1S/C14H22N2O.ClH/c1-10-5-7-13(8-6-10)12(3)16-14(17)11(2)9-15-4;/h5-8,11-12,15H,9H2,1-4H3,(H,16,17);1H. The summed E-state index contributed by atoms with van der Waals surface area (Å²) in [7, 11) is 1.85. The van der Waals surface area contributed by atoms with Gasteiger partial charge in [0.2, 0.25) is 5.91 Å². The number of halogens is 1. The molecule has 0 radical (unpaired) electrons. The van der Waals surface area contributed by atoms with Crippen LogP contribution in [-0.2, 0) is 4.79 Å². The minimum atomic E-state index is -0.00658. The number of carbonyl (C=O) groups excluding carboxylic acids is 1. The van der Waals surface area contributed by atoms with Crippen molar-refractivity contribution in [3.05, 3.63) is 35.4 Å². The fourth-order valence-electron chi connectivity index (χ4n) is 1.69. The van der Waals surface area contributed by atoms with E-state index in [0.29, 0.717) is 6.54 Å². The first-order chi connectivity index (χ1) is 8.04. The fourth-order valence-corrected chi connectivity index (χ4v) is 1.69. The van der Waals surface area contributed by atoms with Crippen LogP contribution in [0, 0.1) is 12.8 Å². The first-order valence-corrected chi connectivity index (χ1v) is 6.06. The van der Waals surface area contributed by atoms with Gasteiger partial charge in [-0.2, -0.15) is 0 Å². The molecule has 0 bridgehead atoms. The molecule has 102 valence electrons. The molecule has 0 saturated carbocycles. The lowest BCUT2D eigenvalue weighted by atomic mass is 10.1. The van der Waals surface area contributed by atoms with Crippen LogP contribution in [0.5, 0.6) is 0 Å². The second-order valence-electron chi connectivity index (χ2n) is 4.60. The van der Waals surface area contributed by atoms with Crippen LogP contribution in [0.3, 0.4) is 0 Å². The van der Waals surface area contributed by atoms with Gasteiger partial charge in [0.05, 0.1) is 6.04 Å². The van der Waals surface area contributed by atoms with Crippen molar-refractivity contribution in [2.24, 2.45) is 5.92 Å². The number of hydrogen-bond donors (Lipinski definition) is 2. The molecule has 0 aliphatic heterocycles. The van der Waals surface area contributed by atoms with Crippen LogP contribution in [0.2, 0.25) is 0 Å². The Hall–Kier alpha value is -1.06. The van der Waals surface area contributed by atoms with Gasteiger partial charge in [0.15, 0.2) is 0 Å². The predicted octanol–water partition coefficient (Wildman–Crippen LogP) is 2.45. The lowest BCUT2D eigenvalue weighted by Gasteiger charge is -2.18. The molecule has 18 heavy (non-hydrogen) atoms. The summed E-state index contributed by atoms with van der Waals surface area (Å²) in [5.41, 5.74) is 2.37. The Morgan fingerprint density at radius 3 is 2.28 bits per heavy atom. The maximum Gasteiger partial charge on any atom is 0.224 e. The summed E-state index contributed by atoms with van der Waals surface area (Å²) < 4.78 is 0. The maximum absolute atomic E-state index is 11.8. The summed E-state index contributed by atoms with van der Waals surface area (Å²) in [5.74, 6) is 0.0836. The van der Waals surface area contributed by atoms with Gasteiger partial charge in [-0.15, -0.1) is 12.4 Å². The molecule has 2 atom stereocenters. The summed E-state index contributed by atoms with van der Waals surface area (Å²) in [4.78, 5) is 11.8. The van der Waals surface area contributed by atoms with E-state index in [4.69, 9.17) is 0 Å². The monoisotopic (exact) mass is 270 g/mol. The quantitative estimate of drug-likeness (QED) is 0.863. The summed E-state index contributed by atoms with van der Waals surface area (Å²) in [6.45, 7) is 6.69. The van der Waals surface area contributed by atoms with E-state index < -0.39 is 0 Å². The van der Waals surface area contributed by atoms with Gasteiger partial charge in [-0.3, -0.25) is 4.79 Å². The van der Waals surface area contributed by atoms with Crippen LogP contribution in [0.15, 0.2) is 24.3 Å². The van der Waals surface area contributed by atoms with Gasteiger partial charge in [0.1, 0.15) is 0 Å². The van der Waals surface area contributed by atoms with Crippen molar-refractivity contribution >= 4 is 18.3 Å². The van der Waals surface area contributed by atoms with Crippen LogP contribution in [0.25, 0.3) is 0 Å². The highest BCUT2D eigenvalue weighted by atomic mass is 35.5. The number of benzene rings is 1. The Bertz CT molecular complexity index is 365. The molecular formula is C14H23ClN2O. The molecule has 1 aromatic rings. The summed E-state index contributed by atoms with van der Waals surface area (Å²) in [5, 5.41) is 6.03. The molecule has 0 saturated heterocycles. The SMILES string of the molecule is CNCC(C)C(=O)NC(C)c1ccc(C)cc1.Cl. The highest BCUT2D eigenvalue weighted by Gasteiger charge is 2.15. The zero-order valence-electron chi connectivity index (χ0n) is 11.5. The smallest absolute Gasteiger partial charge is 0.224 e. The molecule has 0 fully saturated rings. The van der Waals surface area contributed by atoms with Crippen molar-refractivity contribution in [3.8, 4) is 0 Å². The number of aryl methyl sites for hydroxylation is 1. The number of amides is 1. The topological polar surface area (TPSA) is 41.1 Å². The van der Waals surface area contributed by atoms with E-state index in [9.17, 15) is 4.79 Å². The average molecular weight is 271 g/mol. The lowest BCUT2D eigenvalue weighted by Crippen LogP contribution is -2.35. The molecule has 0 aromatic heterocycles. The second-order valence-corrected chi connectivity index (χ2v) is 4.60. The number of carbonyl (C=O) groups is 1. The zero-order chi connectivity index (χ0) is 12.8. The van der Waals surface area contributed by atoms with Crippen LogP contribution < -0.4 is 10.6 Å². The van der Waals surface area contributed by atoms with Crippen molar-refractivity contribution in [1.29, 1.82) is 0 Å². The third-order valence-electron chi connectivity index (χ3n) is 2.89. The van der Waals surface area contributed by atoms with Gasteiger partial charge >= 0.3 is 0 Å². The minimum Gasteiger partial charge on any atom is -0.349 e. The second kappa shape index (κ2) is 8.11. The molecule has 1 rings (SSSR count). The lowest BCUT2D eigenvalue weighted by molar-refractivity contribution is -0.125. The van der Waals surface area contributed by atoms with E-state index in [1.54, 1.807) is 0 Å². The molecule has 0 heterocycles. The Balaban J connectivity index is 0.00000289. The number of hydrogen-bond acceptors (Lipinski definition) is 2. The van der Waals surface area contributed by atoms with Gasteiger partial charge in [-0.25, -0.2) is 0 Å². The Kier molecular flexibility index (Phi) is 7.64. The fraction of sp³-hybridized carbons (Fsp3) is 0.500. The van der Waals surface area contributed by atoms with Crippen molar-refractivity contribution in [2.75, 3.05) is 13.6 Å². The molecule has 1 amide bonds. The Morgan fingerprint density at radius 1 is 1.22 bits per heavy atom. The van der Waals surface area contributed by atoms with Gasteiger partial charge in [-0.1, -0.05) is 36.8 Å². The van der Waals surface area contributed by atoms with Crippen LogP contribution >= 0.6 is 12.4 Å². The maximum atomic E-state index is 11.8. The van der Waals surface area contributed by atoms with Crippen molar-refractivity contribution in [1.82, 2.24) is 10.6 Å². The molecule has 1 aromatic carbocycles. The number of nitrogens with one attached hydrogen (secondary N) is 2. The summed E-state index contributed by atoms with van der Waals surface area (Å²) in [6, 6.07) is 8.30. The molecule has 3 nitrogen and oxygen atoms in total. The van der Waals surface area contributed by atoms with Crippen LogP contribution in [0.4, 0.5) is 0 Å². The molecule has 0 spiro atoms. The highest BCUT2D eigenvalue weighted by Crippen LogP contribution is 2.13. The molecule has 2 N–H and O–H groups in total. The molecule has 4 heteroatoms. The Labute approximate surface area is 116 Å². The molecule has 0 aliphatic carbocycles. The average Bonchev–Trinajstić information content (AvgIpc) is 2.30. The van der Waals surface area contributed by atoms with E-state index >= 15 is 0 Å². The van der Waals surface area contributed by atoms with E-state index in [2.05, 4.69) is 41.8 Å². The normalized spacial score (nSPS) is 13.3. The third-order valence-corrected chi connectivity index (χ3v) is 2.89. The van der Waals surface area contributed by atoms with Crippen LogP contribution in [-0.4, -0.2) is 19.5 Å². The molecule has 2 unspecified atom stereocenters. The van der Waals surface area contributed by atoms with Gasteiger partial charge in [0.25, 0.3) is 0 Å². The van der Waals surface area contributed by atoms with Crippen molar-refractivity contribution < 1.29 is 4.79 Å². The van der Waals surface area contributed by atoms with E-state index in [-0.39, 0.29) is 30.3 Å². The predicted molar refractivity (Wildman–Crippen MR) is 78.1 cm³/mol. The highest BCUT2D eigenvalue weighted by molar-refractivity contribution is 5.85. The van der Waals surface area contributed by atoms with E-state index in [1.807, 2.05) is 20.9 Å². The first kappa shape index (κ1) is 16.9. The summed E-state index contributed by atoms with van der Waals surface area (Å²) in [6.07, 6.45) is 0. The minimum absolute atomic E-state index is 0. The van der Waals surface area contributed by atoms with Gasteiger partial charge in [-0.05, 0) is 26.5 Å². The van der Waals surface area contributed by atoms with Gasteiger partial charge < -0.3 is 10.6 Å². The first-order valence-electron chi connectivity index (χ1n) is 6.06. The van der Waals surface area contributed by atoms with Crippen molar-refractivity contribution in [2.45, 2.75) is 26.8 Å². The number of rotatable bonds is 5. The van der Waals surface area contributed by atoms with E-state index in [0.717, 1.165) is 5.56 Å². The molecule has 0 aliphatic rings.